The van der Waals surface area contributed by atoms with Crippen molar-refractivity contribution in [1.29, 1.82) is 0 Å². The van der Waals surface area contributed by atoms with E-state index in [1.54, 1.807) is 13.8 Å². The Bertz CT molecular complexity index is 778. The van der Waals surface area contributed by atoms with Crippen LogP contribution in [0.25, 0.3) is 0 Å². The van der Waals surface area contributed by atoms with Crippen LogP contribution in [0.1, 0.15) is 31.1 Å². The molecule has 2 unspecified atom stereocenters. The highest BCUT2D eigenvalue weighted by Crippen LogP contribution is 2.51. The molecule has 0 spiro atoms. The van der Waals surface area contributed by atoms with E-state index in [0.29, 0.717) is 0 Å². The van der Waals surface area contributed by atoms with Crippen LogP contribution in [0.2, 0.25) is 0 Å². The second-order valence-corrected chi connectivity index (χ2v) is 8.68. The van der Waals surface area contributed by atoms with E-state index in [2.05, 4.69) is 9.84 Å². The Kier molecular flexibility index (Phi) is 11.0. The summed E-state index contributed by atoms with van der Waals surface area (Å²) < 4.78 is 49.1. The lowest BCUT2D eigenvalue weighted by molar-refractivity contribution is 0.0437. The van der Waals surface area contributed by atoms with Crippen LogP contribution in [0.4, 0.5) is 0 Å². The minimum absolute atomic E-state index is 0.00812. The van der Waals surface area contributed by atoms with Crippen LogP contribution >= 0.6 is 15.6 Å². The fourth-order valence-electron chi connectivity index (χ4n) is 2.11. The van der Waals surface area contributed by atoms with Gasteiger partial charge in [-0.25, -0.2) is 9.13 Å². The summed E-state index contributed by atoms with van der Waals surface area (Å²) in [5.74, 6) is -1.43. The summed E-state index contributed by atoms with van der Waals surface area (Å²) in [6, 6.07) is 3.36. The van der Waals surface area contributed by atoms with Crippen LogP contribution in [0.3, 0.4) is 0 Å². The van der Waals surface area contributed by atoms with Gasteiger partial charge in [-0.15, -0.1) is 0 Å². The summed E-state index contributed by atoms with van der Waals surface area (Å²) in [5, 5.41) is 21.6. The number of phosphoric acid groups is 2. The molecule has 0 aliphatic heterocycles. The van der Waals surface area contributed by atoms with Gasteiger partial charge in [-0.1, -0.05) is 0 Å². The normalized spacial score (nSPS) is 14.8. The fraction of sp³-hybridized carbons (Fsp3) is 0.562. The van der Waals surface area contributed by atoms with Gasteiger partial charge < -0.3 is 20.4 Å². The molecule has 0 saturated heterocycles. The first kappa shape index (κ1) is 26.5. The third kappa shape index (κ3) is 9.11. The van der Waals surface area contributed by atoms with Gasteiger partial charge in [-0.3, -0.25) is 27.4 Å². The lowest BCUT2D eigenvalue weighted by atomic mass is 10.1. The van der Waals surface area contributed by atoms with E-state index >= 15 is 0 Å². The minimum Gasteiger partial charge on any atom is -0.508 e. The molecule has 0 heterocycles. The SMILES string of the molecule is CCOP(=O)(O)OCC(CNC(=O)c1cc(O)ccc1O)OP(=O)(OCC)OCC. The molecule has 0 saturated carbocycles. The Labute approximate surface area is 174 Å². The molecule has 0 fully saturated rings. The lowest BCUT2D eigenvalue weighted by Crippen LogP contribution is -2.36. The monoisotopic (exact) mass is 471 g/mol. The van der Waals surface area contributed by atoms with Crippen molar-refractivity contribution in [2.75, 3.05) is 33.0 Å². The predicted molar refractivity (Wildman–Crippen MR) is 105 cm³/mol. The van der Waals surface area contributed by atoms with E-state index in [0.717, 1.165) is 12.1 Å². The van der Waals surface area contributed by atoms with E-state index in [9.17, 15) is 29.0 Å². The molecule has 1 aromatic carbocycles. The summed E-state index contributed by atoms with van der Waals surface area (Å²) in [7, 11) is -8.45. The first-order valence-electron chi connectivity index (χ1n) is 9.05. The molecular weight excluding hydrogens is 444 g/mol. The number of aromatic hydroxyl groups is 2. The molecule has 0 aliphatic carbocycles. The van der Waals surface area contributed by atoms with E-state index < -0.39 is 34.3 Å². The fourth-order valence-corrected chi connectivity index (χ4v) is 4.19. The zero-order valence-electron chi connectivity index (χ0n) is 16.8. The van der Waals surface area contributed by atoms with Crippen molar-refractivity contribution in [3.63, 3.8) is 0 Å². The molecule has 12 nitrogen and oxygen atoms in total. The lowest BCUT2D eigenvalue weighted by Gasteiger charge is -2.24. The molecule has 1 rings (SSSR count). The van der Waals surface area contributed by atoms with E-state index in [1.165, 1.54) is 13.0 Å². The Morgan fingerprint density at radius 2 is 1.63 bits per heavy atom. The molecular formula is C16H27NO11P2. The number of phenolic OH excluding ortho intramolecular Hbond substituents is 2. The Balaban J connectivity index is 2.93. The second-order valence-electron chi connectivity index (χ2n) is 5.60. The van der Waals surface area contributed by atoms with Gasteiger partial charge in [0, 0.05) is 6.54 Å². The highest BCUT2D eigenvalue weighted by Gasteiger charge is 2.32. The van der Waals surface area contributed by atoms with Crippen LogP contribution in [0.15, 0.2) is 18.2 Å². The maximum atomic E-state index is 12.6. The van der Waals surface area contributed by atoms with Crippen molar-refractivity contribution in [3.8, 4) is 11.5 Å². The van der Waals surface area contributed by atoms with Crippen LogP contribution in [-0.4, -0.2) is 60.1 Å². The molecule has 2 atom stereocenters. The molecule has 0 bridgehead atoms. The van der Waals surface area contributed by atoms with Crippen LogP contribution in [0, 0.1) is 0 Å². The Morgan fingerprint density at radius 3 is 2.20 bits per heavy atom. The van der Waals surface area contributed by atoms with Crippen molar-refractivity contribution in [2.45, 2.75) is 26.9 Å². The van der Waals surface area contributed by atoms with E-state index in [1.807, 2.05) is 0 Å². The van der Waals surface area contributed by atoms with Crippen molar-refractivity contribution < 1.29 is 51.6 Å². The second kappa shape index (κ2) is 12.4. The average molecular weight is 471 g/mol. The summed E-state index contributed by atoms with van der Waals surface area (Å²) in [5.41, 5.74) is -0.227. The van der Waals surface area contributed by atoms with Crippen LogP contribution in [-0.2, 0) is 31.7 Å². The zero-order chi connectivity index (χ0) is 22.8. The smallest absolute Gasteiger partial charge is 0.475 e. The van der Waals surface area contributed by atoms with Gasteiger partial charge in [-0.05, 0) is 39.0 Å². The van der Waals surface area contributed by atoms with Gasteiger partial charge in [0.1, 0.15) is 17.6 Å². The summed E-state index contributed by atoms with van der Waals surface area (Å²) in [6.45, 7) is 3.52. The van der Waals surface area contributed by atoms with Crippen molar-refractivity contribution in [3.05, 3.63) is 23.8 Å². The number of phenols is 2. The number of hydrogen-bond acceptors (Lipinski definition) is 10. The molecule has 0 aliphatic rings. The highest BCUT2D eigenvalue weighted by atomic mass is 31.2. The number of nitrogens with one attached hydrogen (secondary N) is 1. The maximum absolute atomic E-state index is 12.6. The summed E-state index contributed by atoms with van der Waals surface area (Å²) in [4.78, 5) is 21.9. The topological polar surface area (TPSA) is 170 Å². The van der Waals surface area contributed by atoms with Crippen molar-refractivity contribution >= 4 is 21.6 Å². The van der Waals surface area contributed by atoms with Gasteiger partial charge in [0.2, 0.25) is 0 Å². The maximum Gasteiger partial charge on any atom is 0.475 e. The molecule has 0 radical (unpaired) electrons. The summed E-state index contributed by atoms with van der Waals surface area (Å²) in [6.07, 6.45) is -1.25. The minimum atomic E-state index is -4.40. The van der Waals surface area contributed by atoms with Gasteiger partial charge in [0.05, 0.1) is 32.0 Å². The van der Waals surface area contributed by atoms with Gasteiger partial charge in [0.25, 0.3) is 5.91 Å². The number of carbonyl (C=O) groups excluding carboxylic acids is 1. The molecule has 4 N–H and O–H groups in total. The standard InChI is InChI=1S/C16H27NO11P2/c1-4-24-29(21,22)27-11-13(28-30(23,25-5-2)26-6-3)10-17-16(20)14-9-12(18)7-8-15(14)19/h7-9,13,18-19H,4-6,10-11H2,1-3H3,(H,17,20)(H,21,22). The zero-order valence-corrected chi connectivity index (χ0v) is 18.6. The number of hydrogen-bond donors (Lipinski definition) is 4. The van der Waals surface area contributed by atoms with Crippen LogP contribution in [0.5, 0.6) is 11.5 Å². The number of benzene rings is 1. The molecule has 30 heavy (non-hydrogen) atoms. The Hall–Kier alpha value is -1.49. The van der Waals surface area contributed by atoms with Crippen molar-refractivity contribution in [2.24, 2.45) is 0 Å². The van der Waals surface area contributed by atoms with Crippen LogP contribution < -0.4 is 5.32 Å². The molecule has 0 aromatic heterocycles. The van der Waals surface area contributed by atoms with Gasteiger partial charge in [0.15, 0.2) is 0 Å². The summed E-state index contributed by atoms with van der Waals surface area (Å²) >= 11 is 0. The molecule has 1 aromatic rings. The largest absolute Gasteiger partial charge is 0.508 e. The Morgan fingerprint density at radius 1 is 1.03 bits per heavy atom. The molecule has 1 amide bonds. The van der Waals surface area contributed by atoms with E-state index in [4.69, 9.17) is 18.1 Å². The van der Waals surface area contributed by atoms with E-state index in [-0.39, 0.29) is 43.4 Å². The number of rotatable bonds is 14. The van der Waals surface area contributed by atoms with Gasteiger partial charge in [-0.2, -0.15) is 0 Å². The molecule has 14 heteroatoms. The average Bonchev–Trinajstić information content (AvgIpc) is 2.66. The highest BCUT2D eigenvalue weighted by molar-refractivity contribution is 7.48. The predicted octanol–water partition coefficient (Wildman–Crippen LogP) is 2.55. The van der Waals surface area contributed by atoms with Gasteiger partial charge >= 0.3 is 15.6 Å². The van der Waals surface area contributed by atoms with Crippen molar-refractivity contribution in [1.82, 2.24) is 5.32 Å². The quantitative estimate of drug-likeness (QED) is 0.232. The first-order chi connectivity index (χ1) is 14.1. The number of carbonyl (C=O) groups is 1. The number of amides is 1. The molecule has 172 valence electrons. The number of phosphoric ester groups is 2. The third-order valence-electron chi connectivity index (χ3n) is 3.28. The third-order valence-corrected chi connectivity index (χ3v) is 6.05. The first-order valence-corrected chi connectivity index (χ1v) is 12.0.